The Morgan fingerprint density at radius 2 is 2.18 bits per heavy atom. The van der Waals surface area contributed by atoms with E-state index in [1.165, 1.54) is 11.3 Å². The van der Waals surface area contributed by atoms with Crippen LogP contribution in [0.25, 0.3) is 0 Å². The van der Waals surface area contributed by atoms with Crippen molar-refractivity contribution in [2.24, 2.45) is 0 Å². The summed E-state index contributed by atoms with van der Waals surface area (Å²) in [5, 5.41) is 2.84. The monoisotopic (exact) mass is 309 g/mol. The number of hydrogen-bond acceptors (Lipinski definition) is 3. The van der Waals surface area contributed by atoms with Gasteiger partial charge in [-0.2, -0.15) is 0 Å². The number of carbonyl (C=O) groups excluding carboxylic acids is 1. The Balaban J connectivity index is 2.23. The highest BCUT2D eigenvalue weighted by Gasteiger charge is 2.13. The molecule has 1 heterocycles. The lowest BCUT2D eigenvalue weighted by Crippen LogP contribution is -2.05. The van der Waals surface area contributed by atoms with Crippen molar-refractivity contribution in [3.63, 3.8) is 0 Å². The number of Topliss-reactive ketones (excluding diaryl/α,β-unsaturated/α-hetero) is 1. The van der Waals surface area contributed by atoms with Crippen LogP contribution in [0.2, 0.25) is 0 Å². The summed E-state index contributed by atoms with van der Waals surface area (Å²) >= 11 is 5.00. The number of ketones is 1. The first kappa shape index (κ1) is 12.5. The van der Waals surface area contributed by atoms with E-state index in [-0.39, 0.29) is 5.78 Å². The largest absolute Gasteiger partial charge is 0.294 e. The first-order valence-electron chi connectivity index (χ1n) is 5.27. The maximum Gasteiger partial charge on any atom is 0.170 e. The van der Waals surface area contributed by atoms with Gasteiger partial charge in [0, 0.05) is 21.1 Å². The number of nitrogens with zero attached hydrogens (tertiary/aromatic N) is 1. The Hall–Kier alpha value is -1.000. The van der Waals surface area contributed by atoms with Crippen molar-refractivity contribution >= 4 is 33.0 Å². The van der Waals surface area contributed by atoms with Gasteiger partial charge in [0.05, 0.1) is 6.42 Å². The highest BCUT2D eigenvalue weighted by Crippen LogP contribution is 2.23. The van der Waals surface area contributed by atoms with Crippen molar-refractivity contribution in [2.45, 2.75) is 20.3 Å². The van der Waals surface area contributed by atoms with E-state index >= 15 is 0 Å². The van der Waals surface area contributed by atoms with Crippen LogP contribution in [0.15, 0.2) is 28.1 Å². The van der Waals surface area contributed by atoms with Crippen LogP contribution in [0.1, 0.15) is 26.6 Å². The van der Waals surface area contributed by atoms with Gasteiger partial charge in [-0.3, -0.25) is 4.79 Å². The minimum atomic E-state index is 0.106. The molecular formula is C13H12BrNOS. The molecule has 0 aliphatic rings. The lowest BCUT2D eigenvalue weighted by molar-refractivity contribution is 0.0992. The van der Waals surface area contributed by atoms with E-state index < -0.39 is 0 Å². The van der Waals surface area contributed by atoms with Gasteiger partial charge in [-0.25, -0.2) is 4.98 Å². The zero-order valence-corrected chi connectivity index (χ0v) is 12.1. The fourth-order valence-electron chi connectivity index (χ4n) is 1.58. The average Bonchev–Trinajstić information content (AvgIpc) is 2.68. The van der Waals surface area contributed by atoms with Crippen LogP contribution < -0.4 is 0 Å². The summed E-state index contributed by atoms with van der Waals surface area (Å²) in [5.41, 5.74) is 2.78. The number of carbonyl (C=O) groups is 1. The third-order valence-electron chi connectivity index (χ3n) is 2.47. The third-order valence-corrected chi connectivity index (χ3v) is 4.49. The van der Waals surface area contributed by atoms with Gasteiger partial charge < -0.3 is 0 Å². The van der Waals surface area contributed by atoms with Crippen LogP contribution >= 0.6 is 27.3 Å². The zero-order chi connectivity index (χ0) is 12.4. The predicted molar refractivity (Wildman–Crippen MR) is 73.8 cm³/mol. The van der Waals surface area contributed by atoms with E-state index in [1.807, 2.05) is 37.4 Å². The van der Waals surface area contributed by atoms with Gasteiger partial charge in [0.2, 0.25) is 0 Å². The van der Waals surface area contributed by atoms with Crippen LogP contribution in [-0.2, 0) is 6.42 Å². The molecule has 88 valence electrons. The van der Waals surface area contributed by atoms with Crippen molar-refractivity contribution in [3.8, 4) is 0 Å². The molecule has 1 aromatic carbocycles. The first-order chi connectivity index (χ1) is 8.08. The second kappa shape index (κ2) is 5.10. The fourth-order valence-corrected chi connectivity index (χ4v) is 2.84. The fraction of sp³-hybridized carbons (Fsp3) is 0.231. The van der Waals surface area contributed by atoms with E-state index in [2.05, 4.69) is 20.9 Å². The highest BCUT2D eigenvalue weighted by molar-refractivity contribution is 9.10. The Morgan fingerprint density at radius 1 is 1.41 bits per heavy atom. The summed E-state index contributed by atoms with van der Waals surface area (Å²) in [6, 6.07) is 5.73. The van der Waals surface area contributed by atoms with Gasteiger partial charge >= 0.3 is 0 Å². The minimum absolute atomic E-state index is 0.106. The molecule has 0 saturated heterocycles. The number of rotatable bonds is 3. The molecule has 0 radical (unpaired) electrons. The summed E-state index contributed by atoms with van der Waals surface area (Å²) in [5.74, 6) is 0.106. The third kappa shape index (κ3) is 2.82. The van der Waals surface area contributed by atoms with Crippen molar-refractivity contribution in [1.82, 2.24) is 4.98 Å². The second-order valence-corrected chi connectivity index (χ2v) is 5.65. The minimum Gasteiger partial charge on any atom is -0.294 e. The molecule has 0 spiro atoms. The predicted octanol–water partition coefficient (Wildman–Crippen LogP) is 3.95. The molecule has 0 fully saturated rings. The topological polar surface area (TPSA) is 30.0 Å². The molecule has 2 aromatic rings. The lowest BCUT2D eigenvalue weighted by atomic mass is 10.1. The molecule has 0 saturated carbocycles. The van der Waals surface area contributed by atoms with Gasteiger partial charge in [0.1, 0.15) is 5.01 Å². The van der Waals surface area contributed by atoms with E-state index in [9.17, 15) is 4.79 Å². The maximum atomic E-state index is 12.1. The summed E-state index contributed by atoms with van der Waals surface area (Å²) in [6.45, 7) is 3.92. The molecule has 2 rings (SSSR count). The second-order valence-electron chi connectivity index (χ2n) is 3.92. The Morgan fingerprint density at radius 3 is 2.82 bits per heavy atom. The molecule has 2 nitrogen and oxygen atoms in total. The van der Waals surface area contributed by atoms with Gasteiger partial charge in [0.25, 0.3) is 0 Å². The SMILES string of the molecule is Cc1csc(CC(=O)c2cccc(C)c2Br)n1. The van der Waals surface area contributed by atoms with Gasteiger partial charge in [-0.1, -0.05) is 18.2 Å². The number of thiazole rings is 1. The first-order valence-corrected chi connectivity index (χ1v) is 6.94. The van der Waals surface area contributed by atoms with Gasteiger partial charge in [0.15, 0.2) is 5.78 Å². The van der Waals surface area contributed by atoms with Crippen molar-refractivity contribution in [1.29, 1.82) is 0 Å². The molecule has 0 bridgehead atoms. The molecule has 0 aliphatic carbocycles. The Bertz CT molecular complexity index is 562. The van der Waals surface area contributed by atoms with Crippen molar-refractivity contribution in [2.75, 3.05) is 0 Å². The number of halogens is 1. The van der Waals surface area contributed by atoms with Crippen molar-refractivity contribution in [3.05, 3.63) is 49.9 Å². The summed E-state index contributed by atoms with van der Waals surface area (Å²) in [6.07, 6.45) is 0.376. The smallest absolute Gasteiger partial charge is 0.170 e. The van der Waals surface area contributed by atoms with Crippen LogP contribution in [0, 0.1) is 13.8 Å². The average molecular weight is 310 g/mol. The van der Waals surface area contributed by atoms with E-state index in [4.69, 9.17) is 0 Å². The maximum absolute atomic E-state index is 12.1. The van der Waals surface area contributed by atoms with Gasteiger partial charge in [-0.05, 0) is 35.3 Å². The molecular weight excluding hydrogens is 298 g/mol. The lowest BCUT2D eigenvalue weighted by Gasteiger charge is -2.04. The number of benzene rings is 1. The molecule has 0 unspecified atom stereocenters. The summed E-state index contributed by atoms with van der Waals surface area (Å²) in [4.78, 5) is 16.4. The molecule has 0 N–H and O–H groups in total. The summed E-state index contributed by atoms with van der Waals surface area (Å²) < 4.78 is 0.887. The molecule has 0 atom stereocenters. The molecule has 17 heavy (non-hydrogen) atoms. The molecule has 1 aromatic heterocycles. The Labute approximate surface area is 113 Å². The van der Waals surface area contributed by atoms with Crippen LogP contribution in [-0.4, -0.2) is 10.8 Å². The molecule has 4 heteroatoms. The van der Waals surface area contributed by atoms with E-state index in [1.54, 1.807) is 0 Å². The molecule has 0 amide bonds. The highest BCUT2D eigenvalue weighted by atomic mass is 79.9. The van der Waals surface area contributed by atoms with E-state index in [0.717, 1.165) is 26.3 Å². The molecule has 0 aliphatic heterocycles. The van der Waals surface area contributed by atoms with Crippen molar-refractivity contribution < 1.29 is 4.79 Å². The van der Waals surface area contributed by atoms with Crippen LogP contribution in [0.5, 0.6) is 0 Å². The van der Waals surface area contributed by atoms with Gasteiger partial charge in [-0.15, -0.1) is 11.3 Å². The standard InChI is InChI=1S/C13H12BrNOS/c1-8-4-3-5-10(13(8)14)11(16)6-12-15-9(2)7-17-12/h3-5,7H,6H2,1-2H3. The number of hydrogen-bond donors (Lipinski definition) is 0. The normalized spacial score (nSPS) is 10.5. The summed E-state index contributed by atoms with van der Waals surface area (Å²) in [7, 11) is 0. The number of aryl methyl sites for hydroxylation is 2. The van der Waals surface area contributed by atoms with Crippen LogP contribution in [0.4, 0.5) is 0 Å². The van der Waals surface area contributed by atoms with E-state index in [0.29, 0.717) is 6.42 Å². The quantitative estimate of drug-likeness (QED) is 0.804. The van der Waals surface area contributed by atoms with Crippen LogP contribution in [0.3, 0.4) is 0 Å². The Kier molecular flexibility index (Phi) is 3.74. The zero-order valence-electron chi connectivity index (χ0n) is 9.66. The number of aromatic nitrogens is 1.